The van der Waals surface area contributed by atoms with Crippen LogP contribution in [0.5, 0.6) is 0 Å². The Morgan fingerprint density at radius 3 is 2.79 bits per heavy atom. The quantitative estimate of drug-likeness (QED) is 0.921. The highest BCUT2D eigenvalue weighted by Crippen LogP contribution is 2.29. The first-order valence-corrected chi connectivity index (χ1v) is 9.35. The monoisotopic (exact) mass is 349 g/mol. The minimum absolute atomic E-state index is 0.124. The van der Waals surface area contributed by atoms with Crippen LogP contribution >= 0.6 is 0 Å². The van der Waals surface area contributed by atoms with Gasteiger partial charge in [0.05, 0.1) is 0 Å². The molecule has 0 saturated heterocycles. The van der Waals surface area contributed by atoms with Crippen molar-refractivity contribution in [2.24, 2.45) is 0 Å². The molecule has 0 saturated carbocycles. The molecular formula is C17H20FN3O2S. The number of anilines is 1. The molecular weight excluding hydrogens is 329 g/mol. The lowest BCUT2D eigenvalue weighted by molar-refractivity contribution is 0.566. The van der Waals surface area contributed by atoms with E-state index in [1.54, 1.807) is 32.2 Å². The summed E-state index contributed by atoms with van der Waals surface area (Å²) < 4.78 is 41.8. The highest BCUT2D eigenvalue weighted by atomic mass is 32.2. The molecule has 2 aromatic rings. The number of rotatable bonds is 4. The van der Waals surface area contributed by atoms with Crippen molar-refractivity contribution in [1.82, 2.24) is 9.71 Å². The first-order chi connectivity index (χ1) is 11.4. The van der Waals surface area contributed by atoms with Gasteiger partial charge in [-0.1, -0.05) is 12.1 Å². The van der Waals surface area contributed by atoms with E-state index in [4.69, 9.17) is 0 Å². The summed E-state index contributed by atoms with van der Waals surface area (Å²) in [6.07, 6.45) is 2.21. The van der Waals surface area contributed by atoms with Crippen molar-refractivity contribution in [1.29, 1.82) is 0 Å². The molecule has 5 nitrogen and oxygen atoms in total. The molecule has 128 valence electrons. The molecule has 1 aliphatic heterocycles. The van der Waals surface area contributed by atoms with Crippen LogP contribution < -0.4 is 9.62 Å². The van der Waals surface area contributed by atoms with E-state index in [0.29, 0.717) is 30.9 Å². The van der Waals surface area contributed by atoms with E-state index < -0.39 is 10.0 Å². The van der Waals surface area contributed by atoms with E-state index in [2.05, 4.69) is 9.71 Å². The molecule has 2 heterocycles. The Bertz CT molecular complexity index is 853. The Hall–Kier alpha value is -1.99. The standard InChI is InChI=1S/C17H20FN3O2S/c1-12(2)20-24(22,23)16-7-4-9-19-17(16)21-10-8-13-5-3-6-15(18)14(13)11-21/h3-7,9,12,20H,8,10-11H2,1-2H3. The van der Waals surface area contributed by atoms with Gasteiger partial charge in [-0.25, -0.2) is 22.5 Å². The van der Waals surface area contributed by atoms with Crippen LogP contribution in [0.15, 0.2) is 41.4 Å². The molecule has 0 bridgehead atoms. The molecule has 0 unspecified atom stereocenters. The summed E-state index contributed by atoms with van der Waals surface area (Å²) in [6.45, 7) is 4.43. The van der Waals surface area contributed by atoms with Gasteiger partial charge < -0.3 is 4.90 Å². The molecule has 1 aromatic carbocycles. The molecule has 7 heteroatoms. The number of nitrogens with one attached hydrogen (secondary N) is 1. The normalized spacial score (nSPS) is 14.8. The van der Waals surface area contributed by atoms with E-state index in [9.17, 15) is 12.8 Å². The second kappa shape index (κ2) is 6.49. The molecule has 3 rings (SSSR count). The SMILES string of the molecule is CC(C)NS(=O)(=O)c1cccnc1N1CCc2cccc(F)c2C1. The van der Waals surface area contributed by atoms with Crippen molar-refractivity contribution in [3.8, 4) is 0 Å². The van der Waals surface area contributed by atoms with Gasteiger partial charge in [0.25, 0.3) is 0 Å². The smallest absolute Gasteiger partial charge is 0.244 e. The van der Waals surface area contributed by atoms with E-state index in [1.165, 1.54) is 12.1 Å². The summed E-state index contributed by atoms with van der Waals surface area (Å²) in [5, 5.41) is 0. The summed E-state index contributed by atoms with van der Waals surface area (Å²) in [5.74, 6) is 0.0948. The van der Waals surface area contributed by atoms with Crippen LogP contribution in [0.3, 0.4) is 0 Å². The Balaban J connectivity index is 1.99. The topological polar surface area (TPSA) is 62.3 Å². The maximum atomic E-state index is 14.1. The summed E-state index contributed by atoms with van der Waals surface area (Å²) >= 11 is 0. The van der Waals surface area contributed by atoms with Crippen LogP contribution in [0.4, 0.5) is 10.2 Å². The fourth-order valence-electron chi connectivity index (χ4n) is 2.92. The van der Waals surface area contributed by atoms with Gasteiger partial charge in [-0.05, 0) is 44.0 Å². The maximum Gasteiger partial charge on any atom is 0.244 e. The summed E-state index contributed by atoms with van der Waals surface area (Å²) in [4.78, 5) is 6.21. The average molecular weight is 349 g/mol. The molecule has 1 aliphatic rings. The molecule has 24 heavy (non-hydrogen) atoms. The first-order valence-electron chi connectivity index (χ1n) is 7.87. The van der Waals surface area contributed by atoms with Crippen LogP contribution in [0.2, 0.25) is 0 Å². The van der Waals surface area contributed by atoms with E-state index in [0.717, 1.165) is 5.56 Å². The van der Waals surface area contributed by atoms with Gasteiger partial charge in [0, 0.05) is 30.9 Å². The molecule has 0 amide bonds. The zero-order chi connectivity index (χ0) is 17.3. The Kier molecular flexibility index (Phi) is 4.56. The number of benzene rings is 1. The second-order valence-corrected chi connectivity index (χ2v) is 7.83. The fraction of sp³-hybridized carbons (Fsp3) is 0.353. The van der Waals surface area contributed by atoms with Crippen LogP contribution in [-0.2, 0) is 23.0 Å². The number of fused-ring (bicyclic) bond motifs is 1. The number of hydrogen-bond acceptors (Lipinski definition) is 4. The van der Waals surface area contributed by atoms with Crippen molar-refractivity contribution in [3.05, 3.63) is 53.5 Å². The zero-order valence-corrected chi connectivity index (χ0v) is 14.5. The molecule has 1 aromatic heterocycles. The van der Waals surface area contributed by atoms with Gasteiger partial charge in [-0.2, -0.15) is 0 Å². The average Bonchev–Trinajstić information content (AvgIpc) is 2.54. The number of nitrogens with zero attached hydrogens (tertiary/aromatic N) is 2. The predicted molar refractivity (Wildman–Crippen MR) is 90.8 cm³/mol. The third kappa shape index (κ3) is 3.27. The fourth-order valence-corrected chi connectivity index (χ4v) is 4.35. The lowest BCUT2D eigenvalue weighted by atomic mass is 9.99. The van der Waals surface area contributed by atoms with Gasteiger partial charge in [-0.3, -0.25) is 0 Å². The molecule has 0 fully saturated rings. The minimum atomic E-state index is -3.67. The number of halogens is 1. The molecule has 0 aliphatic carbocycles. The van der Waals surface area contributed by atoms with Gasteiger partial charge in [-0.15, -0.1) is 0 Å². The van der Waals surface area contributed by atoms with E-state index in [-0.39, 0.29) is 16.8 Å². The van der Waals surface area contributed by atoms with Crippen LogP contribution in [0.25, 0.3) is 0 Å². The third-order valence-electron chi connectivity index (χ3n) is 3.95. The van der Waals surface area contributed by atoms with Gasteiger partial charge in [0.1, 0.15) is 16.5 Å². The maximum absolute atomic E-state index is 14.1. The van der Waals surface area contributed by atoms with Crippen LogP contribution in [-0.4, -0.2) is 26.0 Å². The van der Waals surface area contributed by atoms with Crippen molar-refractivity contribution in [2.75, 3.05) is 11.4 Å². The third-order valence-corrected chi connectivity index (χ3v) is 5.63. The lowest BCUT2D eigenvalue weighted by Gasteiger charge is -2.31. The van der Waals surface area contributed by atoms with E-state index in [1.807, 2.05) is 11.0 Å². The first kappa shape index (κ1) is 16.9. The molecule has 0 spiro atoms. The Morgan fingerprint density at radius 2 is 2.04 bits per heavy atom. The van der Waals surface area contributed by atoms with Gasteiger partial charge >= 0.3 is 0 Å². The summed E-state index contributed by atoms with van der Waals surface area (Å²) in [6, 6.07) is 7.95. The van der Waals surface area contributed by atoms with E-state index >= 15 is 0 Å². The highest BCUT2D eigenvalue weighted by Gasteiger charge is 2.27. The lowest BCUT2D eigenvalue weighted by Crippen LogP contribution is -2.35. The zero-order valence-electron chi connectivity index (χ0n) is 13.7. The minimum Gasteiger partial charge on any atom is -0.351 e. The molecule has 0 radical (unpaired) electrons. The number of aromatic nitrogens is 1. The van der Waals surface area contributed by atoms with Gasteiger partial charge in [0.2, 0.25) is 10.0 Å². The van der Waals surface area contributed by atoms with Crippen molar-refractivity contribution in [3.63, 3.8) is 0 Å². The van der Waals surface area contributed by atoms with Gasteiger partial charge in [0.15, 0.2) is 0 Å². The molecule has 0 atom stereocenters. The number of sulfonamides is 1. The van der Waals surface area contributed by atoms with Crippen molar-refractivity contribution < 1.29 is 12.8 Å². The molecule has 1 N–H and O–H groups in total. The second-order valence-electron chi connectivity index (χ2n) is 6.15. The number of pyridine rings is 1. The van der Waals surface area contributed by atoms with Crippen LogP contribution in [0.1, 0.15) is 25.0 Å². The number of hydrogen-bond donors (Lipinski definition) is 1. The Morgan fingerprint density at radius 1 is 1.25 bits per heavy atom. The summed E-state index contributed by atoms with van der Waals surface area (Å²) in [5.41, 5.74) is 1.57. The Labute approximate surface area is 141 Å². The van der Waals surface area contributed by atoms with Crippen molar-refractivity contribution in [2.45, 2.75) is 37.8 Å². The highest BCUT2D eigenvalue weighted by molar-refractivity contribution is 7.89. The van der Waals surface area contributed by atoms with Crippen molar-refractivity contribution >= 4 is 15.8 Å². The predicted octanol–water partition coefficient (Wildman–Crippen LogP) is 2.47. The van der Waals surface area contributed by atoms with Crippen LogP contribution in [0, 0.1) is 5.82 Å². The largest absolute Gasteiger partial charge is 0.351 e. The summed E-state index contributed by atoms with van der Waals surface area (Å²) in [7, 11) is -3.67.